The molecule has 1 aliphatic carbocycles. The van der Waals surface area contributed by atoms with Gasteiger partial charge in [0.2, 0.25) is 15.9 Å². The van der Waals surface area contributed by atoms with E-state index in [1.807, 2.05) is 11.0 Å². The number of nitriles is 1. The van der Waals surface area contributed by atoms with E-state index in [0.29, 0.717) is 51.7 Å². The van der Waals surface area contributed by atoms with Crippen LogP contribution in [0.3, 0.4) is 0 Å². The molecule has 0 aromatic heterocycles. The van der Waals surface area contributed by atoms with Crippen molar-refractivity contribution in [3.8, 4) is 6.07 Å². The molecule has 4 aliphatic rings. The van der Waals surface area contributed by atoms with Crippen LogP contribution in [0.15, 0.2) is 29.2 Å². The van der Waals surface area contributed by atoms with Crippen molar-refractivity contribution in [2.24, 2.45) is 0 Å². The molecule has 0 radical (unpaired) electrons. The molecule has 0 bridgehead atoms. The fourth-order valence-electron chi connectivity index (χ4n) is 5.73. The molecular weight excluding hydrogens is 582 g/mol. The van der Waals surface area contributed by atoms with Gasteiger partial charge in [0.1, 0.15) is 5.54 Å². The van der Waals surface area contributed by atoms with Gasteiger partial charge in [0.15, 0.2) is 16.1 Å². The second-order valence-corrected chi connectivity index (χ2v) is 15.5. The summed E-state index contributed by atoms with van der Waals surface area (Å²) in [5, 5.41) is 10.9. The third-order valence-corrected chi connectivity index (χ3v) is 12.3. The number of nitrogens with one attached hydrogen (secondary N) is 1. The number of hydrogen-bond acceptors (Lipinski definition) is 9. The van der Waals surface area contributed by atoms with Gasteiger partial charge in [0.25, 0.3) is 0 Å². The third kappa shape index (κ3) is 5.67. The highest BCUT2D eigenvalue weighted by Crippen LogP contribution is 2.37. The van der Waals surface area contributed by atoms with Crippen LogP contribution in [0, 0.1) is 11.3 Å². The Labute approximate surface area is 239 Å². The highest BCUT2D eigenvalue weighted by atomic mass is 35.5. The van der Waals surface area contributed by atoms with Crippen molar-refractivity contribution in [3.63, 3.8) is 0 Å². The number of sulfone groups is 1. The molecule has 1 saturated carbocycles. The van der Waals surface area contributed by atoms with Gasteiger partial charge in [-0.15, -0.1) is 0 Å². The summed E-state index contributed by atoms with van der Waals surface area (Å²) in [5.74, 6) is -0.340. The number of piperidine rings is 1. The fourth-order valence-corrected chi connectivity index (χ4v) is 8.81. The van der Waals surface area contributed by atoms with Crippen molar-refractivity contribution >= 4 is 43.5 Å². The van der Waals surface area contributed by atoms with E-state index in [0.717, 1.165) is 0 Å². The quantitative estimate of drug-likeness (QED) is 0.479. The molecule has 3 aliphatic heterocycles. The van der Waals surface area contributed by atoms with E-state index in [-0.39, 0.29) is 34.8 Å². The van der Waals surface area contributed by atoms with Gasteiger partial charge in [0.05, 0.1) is 33.5 Å². The van der Waals surface area contributed by atoms with Crippen LogP contribution in [0.25, 0.3) is 0 Å². The van der Waals surface area contributed by atoms with Crippen molar-refractivity contribution in [1.29, 1.82) is 5.26 Å². The van der Waals surface area contributed by atoms with Crippen LogP contribution in [0.4, 0.5) is 4.79 Å². The Morgan fingerprint density at radius 2 is 1.77 bits per heavy atom. The highest BCUT2D eigenvalue weighted by Gasteiger charge is 2.51. The van der Waals surface area contributed by atoms with E-state index in [9.17, 15) is 31.7 Å². The molecule has 1 unspecified atom stereocenters. The number of ether oxygens (including phenoxy) is 1. The van der Waals surface area contributed by atoms with Crippen LogP contribution in [-0.2, 0) is 29.4 Å². The van der Waals surface area contributed by atoms with E-state index in [4.69, 9.17) is 16.3 Å². The maximum Gasteiger partial charge on any atom is 0.410 e. The number of rotatable bonds is 7. The maximum absolute atomic E-state index is 13.8. The zero-order valence-corrected chi connectivity index (χ0v) is 24.4. The summed E-state index contributed by atoms with van der Waals surface area (Å²) in [7, 11) is -7.25. The summed E-state index contributed by atoms with van der Waals surface area (Å²) in [5.41, 5.74) is -0.987. The van der Waals surface area contributed by atoms with Crippen molar-refractivity contribution in [2.75, 3.05) is 32.4 Å². The Morgan fingerprint density at radius 3 is 2.33 bits per heavy atom. The van der Waals surface area contributed by atoms with E-state index in [1.54, 1.807) is 12.1 Å². The zero-order valence-electron chi connectivity index (χ0n) is 22.0. The molecule has 1 aromatic rings. The lowest BCUT2D eigenvalue weighted by Crippen LogP contribution is -2.62. The van der Waals surface area contributed by atoms with Crippen LogP contribution in [0.2, 0.25) is 5.02 Å². The molecule has 2 amide bonds. The molecule has 15 heteroatoms. The summed E-state index contributed by atoms with van der Waals surface area (Å²) in [6, 6.07) is 7.60. The van der Waals surface area contributed by atoms with Crippen LogP contribution < -0.4 is 5.32 Å². The first-order valence-electron chi connectivity index (χ1n) is 13.2. The summed E-state index contributed by atoms with van der Waals surface area (Å²) < 4.78 is 57.9. The fraction of sp³-hybridized carbons (Fsp3) is 0.640. The molecule has 40 heavy (non-hydrogen) atoms. The molecule has 3 saturated heterocycles. The average Bonchev–Trinajstić information content (AvgIpc) is 3.51. The number of amides is 2. The van der Waals surface area contributed by atoms with Crippen molar-refractivity contribution in [1.82, 2.24) is 19.4 Å². The Morgan fingerprint density at radius 1 is 1.10 bits per heavy atom. The molecule has 12 nitrogen and oxygen atoms in total. The molecule has 218 valence electrons. The Bertz CT molecular complexity index is 1440. The lowest BCUT2D eigenvalue weighted by atomic mass is 9.93. The highest BCUT2D eigenvalue weighted by molar-refractivity contribution is 7.92. The van der Waals surface area contributed by atoms with Gasteiger partial charge in [-0.25, -0.2) is 25.9 Å². The number of hydrogen-bond donors (Lipinski definition) is 1. The summed E-state index contributed by atoms with van der Waals surface area (Å²) in [6.07, 6.45) is 1.73. The second-order valence-electron chi connectivity index (χ2n) is 10.9. The molecule has 3 atom stereocenters. The maximum atomic E-state index is 13.8. The molecule has 1 N–H and O–H groups in total. The van der Waals surface area contributed by atoms with Crippen LogP contribution in [0.5, 0.6) is 0 Å². The van der Waals surface area contributed by atoms with E-state index in [2.05, 4.69) is 5.32 Å². The second kappa shape index (κ2) is 10.8. The number of carbonyl (C=O) groups excluding carboxylic acids is 2. The lowest BCUT2D eigenvalue weighted by molar-refractivity contribution is -0.151. The number of benzene rings is 1. The molecule has 5 rings (SSSR count). The Hall–Kier alpha value is -2.44. The number of likely N-dealkylation sites (tertiary alicyclic amines) is 2. The smallest absolute Gasteiger partial charge is 0.410 e. The van der Waals surface area contributed by atoms with Crippen LogP contribution in [0.1, 0.15) is 38.5 Å². The predicted octanol–water partition coefficient (Wildman–Crippen LogP) is 1.32. The molecule has 1 aromatic carbocycles. The topological polar surface area (TPSA) is 157 Å². The molecule has 4 fully saturated rings. The van der Waals surface area contributed by atoms with Crippen LogP contribution in [-0.4, -0.2) is 104 Å². The minimum atomic E-state index is -3.97. The van der Waals surface area contributed by atoms with Gasteiger partial charge in [0, 0.05) is 38.6 Å². The summed E-state index contributed by atoms with van der Waals surface area (Å²) in [6.45, 7) is 1.22. The van der Waals surface area contributed by atoms with Gasteiger partial charge < -0.3 is 15.0 Å². The predicted molar refractivity (Wildman–Crippen MR) is 144 cm³/mol. The number of alkyl carbamates (subject to hydrolysis) is 1. The number of halogens is 1. The first-order chi connectivity index (χ1) is 18.8. The summed E-state index contributed by atoms with van der Waals surface area (Å²) >= 11 is 6.19. The number of sulfonamides is 1. The van der Waals surface area contributed by atoms with Gasteiger partial charge in [-0.05, 0) is 44.2 Å². The molecule has 3 heterocycles. The zero-order chi connectivity index (χ0) is 28.9. The summed E-state index contributed by atoms with van der Waals surface area (Å²) in [4.78, 5) is 29.8. The normalized spacial score (nSPS) is 27.4. The SMILES string of the molecule is CS(=O)(=O)N1CCC(N2CCC2C(=O)N2C[C@H](S(=O)(=O)c3ccccc3Cl)C[C@@H]2OC(=O)NC2(C#N)CC2)CC1. The van der Waals surface area contributed by atoms with Crippen molar-refractivity contribution < 1.29 is 31.2 Å². The number of carbonyl (C=O) groups is 2. The van der Waals surface area contributed by atoms with Gasteiger partial charge in [-0.2, -0.15) is 5.26 Å². The average molecular weight is 614 g/mol. The van der Waals surface area contributed by atoms with Gasteiger partial charge >= 0.3 is 6.09 Å². The first kappa shape index (κ1) is 29.1. The Balaban J connectivity index is 1.33. The standard InChI is InChI=1S/C25H32ClN5O7S2/c1-39(34,35)29-11-6-17(7-12-29)30-13-8-20(30)23(32)31-15-18(40(36,37)21-5-3-2-4-19(21)26)14-22(31)38-24(33)28-25(16-27)9-10-25/h2-5,17-18,20,22H,6-15H2,1H3,(H,28,33)/t18-,20?,22+/m1/s1. The first-order valence-corrected chi connectivity index (χ1v) is 17.0. The van der Waals surface area contributed by atoms with E-state index >= 15 is 0 Å². The van der Waals surface area contributed by atoms with E-state index in [1.165, 1.54) is 27.6 Å². The Kier molecular flexibility index (Phi) is 7.82. The minimum Gasteiger partial charge on any atom is -0.425 e. The van der Waals surface area contributed by atoms with Gasteiger partial charge in [-0.1, -0.05) is 23.7 Å². The van der Waals surface area contributed by atoms with E-state index < -0.39 is 49.0 Å². The van der Waals surface area contributed by atoms with Crippen molar-refractivity contribution in [2.45, 2.75) is 72.5 Å². The minimum absolute atomic E-state index is 0.0129. The molecular formula is C25H32ClN5O7S2. The van der Waals surface area contributed by atoms with Gasteiger partial charge in [-0.3, -0.25) is 9.69 Å². The molecule has 0 spiro atoms. The monoisotopic (exact) mass is 613 g/mol. The lowest BCUT2D eigenvalue weighted by Gasteiger charge is -2.48. The number of nitrogens with zero attached hydrogens (tertiary/aromatic N) is 4. The largest absolute Gasteiger partial charge is 0.425 e. The van der Waals surface area contributed by atoms with Crippen LogP contribution >= 0.6 is 11.6 Å². The third-order valence-electron chi connectivity index (χ3n) is 8.33. The van der Waals surface area contributed by atoms with Crippen molar-refractivity contribution in [3.05, 3.63) is 29.3 Å².